The fourth-order valence-corrected chi connectivity index (χ4v) is 3.82. The molecular formula is C20H20Cl2N2O2. The molecule has 0 bridgehead atoms. The average molecular weight is 391 g/mol. The van der Waals surface area contributed by atoms with E-state index >= 15 is 0 Å². The Kier molecular flexibility index (Phi) is 5.66. The van der Waals surface area contributed by atoms with Crippen LogP contribution in [-0.2, 0) is 4.79 Å². The lowest BCUT2D eigenvalue weighted by Gasteiger charge is -2.50. The molecule has 0 aliphatic carbocycles. The Morgan fingerprint density at radius 1 is 1.19 bits per heavy atom. The predicted octanol–water partition coefficient (Wildman–Crippen LogP) is 4.05. The second-order valence-corrected chi connectivity index (χ2v) is 7.44. The summed E-state index contributed by atoms with van der Waals surface area (Å²) in [5, 5.41) is 4.42. The van der Waals surface area contributed by atoms with E-state index in [-0.39, 0.29) is 11.4 Å². The number of rotatable bonds is 6. The molecule has 6 heteroatoms. The van der Waals surface area contributed by atoms with Gasteiger partial charge < -0.3 is 15.0 Å². The van der Waals surface area contributed by atoms with Crippen molar-refractivity contribution in [2.24, 2.45) is 0 Å². The van der Waals surface area contributed by atoms with Crippen LogP contribution in [0.25, 0.3) is 11.1 Å². The molecule has 0 radical (unpaired) electrons. The molecule has 0 spiro atoms. The fourth-order valence-electron chi connectivity index (χ4n) is 3.30. The van der Waals surface area contributed by atoms with Crippen molar-refractivity contribution in [3.8, 4) is 11.1 Å². The van der Waals surface area contributed by atoms with Crippen molar-refractivity contribution in [1.29, 1.82) is 0 Å². The Balaban J connectivity index is 1.69. The summed E-state index contributed by atoms with van der Waals surface area (Å²) in [5.74, 6) is -0.00395. The summed E-state index contributed by atoms with van der Waals surface area (Å²) in [7, 11) is 1.87. The second kappa shape index (κ2) is 7.78. The highest BCUT2D eigenvalue weighted by molar-refractivity contribution is 6.36. The van der Waals surface area contributed by atoms with Crippen LogP contribution in [0.3, 0.4) is 0 Å². The van der Waals surface area contributed by atoms with Crippen LogP contribution in [0.1, 0.15) is 23.2 Å². The van der Waals surface area contributed by atoms with Crippen molar-refractivity contribution in [3.05, 3.63) is 58.1 Å². The standard InChI is InChI=1S/C20H20Cl2N2O2/c1-23-20(9-2-10-25)12-24(13-20)19(26)15-5-3-14(4-6-15)17-8-7-16(21)11-18(17)22/h3-8,10-11,23H,2,9,12-13H2,1H3. The zero-order valence-electron chi connectivity index (χ0n) is 14.5. The Labute approximate surface area is 163 Å². The molecule has 4 nitrogen and oxygen atoms in total. The molecule has 1 aliphatic rings. The van der Waals surface area contributed by atoms with Gasteiger partial charge in [-0.3, -0.25) is 4.79 Å². The Hall–Kier alpha value is -1.88. The van der Waals surface area contributed by atoms with Crippen LogP contribution in [0.5, 0.6) is 0 Å². The van der Waals surface area contributed by atoms with Crippen molar-refractivity contribution in [2.45, 2.75) is 18.4 Å². The molecule has 136 valence electrons. The number of amides is 1. The molecule has 0 aromatic heterocycles. The number of nitrogens with zero attached hydrogens (tertiary/aromatic N) is 1. The lowest BCUT2D eigenvalue weighted by molar-refractivity contribution is -0.108. The maximum absolute atomic E-state index is 12.6. The van der Waals surface area contributed by atoms with Crippen molar-refractivity contribution in [2.75, 3.05) is 20.1 Å². The van der Waals surface area contributed by atoms with Gasteiger partial charge in [0.05, 0.1) is 5.54 Å². The first-order valence-corrected chi connectivity index (χ1v) is 9.21. The molecule has 1 aliphatic heterocycles. The van der Waals surface area contributed by atoms with Gasteiger partial charge in [0.25, 0.3) is 5.91 Å². The molecule has 0 saturated carbocycles. The lowest BCUT2D eigenvalue weighted by Crippen LogP contribution is -2.69. The largest absolute Gasteiger partial charge is 0.335 e. The van der Waals surface area contributed by atoms with Crippen molar-refractivity contribution in [1.82, 2.24) is 10.2 Å². The van der Waals surface area contributed by atoms with E-state index in [0.29, 0.717) is 35.1 Å². The summed E-state index contributed by atoms with van der Waals surface area (Å²) in [5.41, 5.74) is 2.30. The number of carbonyl (C=O) groups excluding carboxylic acids is 2. The number of halogens is 2. The number of aldehydes is 1. The van der Waals surface area contributed by atoms with Crippen LogP contribution < -0.4 is 5.32 Å². The van der Waals surface area contributed by atoms with E-state index < -0.39 is 0 Å². The normalized spacial score (nSPS) is 15.4. The number of hydrogen-bond donors (Lipinski definition) is 1. The third-order valence-electron chi connectivity index (χ3n) is 4.92. The van der Waals surface area contributed by atoms with E-state index in [0.717, 1.165) is 23.8 Å². The summed E-state index contributed by atoms with van der Waals surface area (Å²) in [6, 6.07) is 12.8. The van der Waals surface area contributed by atoms with Crippen LogP contribution in [-0.4, -0.2) is 42.8 Å². The molecule has 1 amide bonds. The second-order valence-electron chi connectivity index (χ2n) is 6.60. The quantitative estimate of drug-likeness (QED) is 0.756. The van der Waals surface area contributed by atoms with Crippen LogP contribution >= 0.6 is 23.2 Å². The number of hydrogen-bond acceptors (Lipinski definition) is 3. The summed E-state index contributed by atoms with van der Waals surface area (Å²) in [6.45, 7) is 1.22. The van der Waals surface area contributed by atoms with Crippen LogP contribution in [0.15, 0.2) is 42.5 Å². The molecule has 3 rings (SSSR count). The Morgan fingerprint density at radius 2 is 1.88 bits per heavy atom. The molecule has 1 fully saturated rings. The predicted molar refractivity (Wildman–Crippen MR) is 105 cm³/mol. The highest BCUT2D eigenvalue weighted by Gasteiger charge is 2.43. The third-order valence-corrected chi connectivity index (χ3v) is 5.47. The average Bonchev–Trinajstić information content (AvgIpc) is 2.61. The molecule has 26 heavy (non-hydrogen) atoms. The highest BCUT2D eigenvalue weighted by Crippen LogP contribution is 2.31. The monoisotopic (exact) mass is 390 g/mol. The van der Waals surface area contributed by atoms with Crippen LogP contribution in [0, 0.1) is 0 Å². The summed E-state index contributed by atoms with van der Waals surface area (Å²) >= 11 is 12.2. The van der Waals surface area contributed by atoms with Crippen LogP contribution in [0.4, 0.5) is 0 Å². The maximum atomic E-state index is 12.6. The summed E-state index contributed by atoms with van der Waals surface area (Å²) in [6.07, 6.45) is 2.16. The van der Waals surface area contributed by atoms with Gasteiger partial charge in [0.15, 0.2) is 0 Å². The first-order valence-electron chi connectivity index (χ1n) is 8.45. The van der Waals surface area contributed by atoms with Gasteiger partial charge in [-0.05, 0) is 43.3 Å². The van der Waals surface area contributed by atoms with E-state index in [1.165, 1.54) is 0 Å². The van der Waals surface area contributed by atoms with Gasteiger partial charge in [0.2, 0.25) is 0 Å². The number of likely N-dealkylation sites (N-methyl/N-ethyl adjacent to an activating group) is 1. The zero-order valence-corrected chi connectivity index (χ0v) is 16.0. The fraction of sp³-hybridized carbons (Fsp3) is 0.300. The van der Waals surface area contributed by atoms with E-state index in [1.54, 1.807) is 17.0 Å². The topological polar surface area (TPSA) is 49.4 Å². The minimum Gasteiger partial charge on any atom is -0.335 e. The lowest BCUT2D eigenvalue weighted by atomic mass is 9.84. The van der Waals surface area contributed by atoms with Gasteiger partial charge in [0, 0.05) is 40.7 Å². The first-order chi connectivity index (χ1) is 12.5. The van der Waals surface area contributed by atoms with Gasteiger partial charge in [-0.1, -0.05) is 41.4 Å². The molecule has 0 atom stereocenters. The third kappa shape index (κ3) is 3.78. The van der Waals surface area contributed by atoms with Gasteiger partial charge in [-0.2, -0.15) is 0 Å². The SMILES string of the molecule is CNC1(CCC=O)CN(C(=O)c2ccc(-c3ccc(Cl)cc3Cl)cc2)C1. The van der Waals surface area contributed by atoms with E-state index in [2.05, 4.69) is 5.32 Å². The Bertz CT molecular complexity index is 815. The van der Waals surface area contributed by atoms with Gasteiger partial charge in [-0.15, -0.1) is 0 Å². The molecular weight excluding hydrogens is 371 g/mol. The molecule has 2 aromatic carbocycles. The number of benzene rings is 2. The molecule has 0 unspecified atom stereocenters. The molecule has 1 saturated heterocycles. The molecule has 1 N–H and O–H groups in total. The number of likely N-dealkylation sites (tertiary alicyclic amines) is 1. The van der Waals surface area contributed by atoms with Gasteiger partial charge in [-0.25, -0.2) is 0 Å². The Morgan fingerprint density at radius 3 is 2.46 bits per heavy atom. The number of carbonyl (C=O) groups is 2. The van der Waals surface area contributed by atoms with Gasteiger partial charge >= 0.3 is 0 Å². The highest BCUT2D eigenvalue weighted by atomic mass is 35.5. The van der Waals surface area contributed by atoms with Crippen molar-refractivity contribution in [3.63, 3.8) is 0 Å². The number of nitrogens with one attached hydrogen (secondary N) is 1. The smallest absolute Gasteiger partial charge is 0.253 e. The minimum absolute atomic E-state index is 0.00395. The molecule has 1 heterocycles. The summed E-state index contributed by atoms with van der Waals surface area (Å²) < 4.78 is 0. The minimum atomic E-state index is -0.145. The van der Waals surface area contributed by atoms with Crippen molar-refractivity contribution >= 4 is 35.4 Å². The van der Waals surface area contributed by atoms with Crippen molar-refractivity contribution < 1.29 is 9.59 Å². The summed E-state index contributed by atoms with van der Waals surface area (Å²) in [4.78, 5) is 25.1. The first kappa shape index (κ1) is 18.9. The maximum Gasteiger partial charge on any atom is 0.253 e. The van der Waals surface area contributed by atoms with E-state index in [4.69, 9.17) is 23.2 Å². The van der Waals surface area contributed by atoms with Gasteiger partial charge in [0.1, 0.15) is 6.29 Å². The zero-order chi connectivity index (χ0) is 18.7. The van der Waals surface area contributed by atoms with E-state index in [1.807, 2.05) is 37.4 Å². The molecule has 2 aromatic rings. The van der Waals surface area contributed by atoms with E-state index in [9.17, 15) is 9.59 Å². The van der Waals surface area contributed by atoms with Crippen LogP contribution in [0.2, 0.25) is 10.0 Å².